The number of sulfonamides is 1. The molecule has 0 aliphatic heterocycles. The van der Waals surface area contributed by atoms with Crippen molar-refractivity contribution in [2.24, 2.45) is 5.14 Å². The number of nitrogens with zero attached hydrogens (tertiary/aromatic N) is 3. The first-order chi connectivity index (χ1) is 11.6. The molecule has 8 nitrogen and oxygen atoms in total. The number of nitrogens with two attached hydrogens (primary N) is 1. The van der Waals surface area contributed by atoms with Crippen LogP contribution in [0.2, 0.25) is 0 Å². The van der Waals surface area contributed by atoms with Crippen LogP contribution in [0, 0.1) is 6.92 Å². The highest BCUT2D eigenvalue weighted by Crippen LogP contribution is 2.28. The Morgan fingerprint density at radius 1 is 1.32 bits per heavy atom. The summed E-state index contributed by atoms with van der Waals surface area (Å²) in [4.78, 5) is 16.7. The van der Waals surface area contributed by atoms with E-state index >= 15 is 0 Å². The topological polar surface area (TPSA) is 120 Å². The molecule has 0 aliphatic carbocycles. The van der Waals surface area contributed by atoms with Crippen LogP contribution in [-0.4, -0.2) is 29.1 Å². The maximum absolute atomic E-state index is 12.4. The molecule has 1 aromatic carbocycles. The van der Waals surface area contributed by atoms with E-state index in [9.17, 15) is 13.2 Å². The van der Waals surface area contributed by atoms with Crippen LogP contribution in [0.3, 0.4) is 0 Å². The number of carbonyl (C=O) groups is 1. The molecule has 3 rings (SSSR count). The maximum Gasteiger partial charge on any atom is 0.277 e. The molecule has 132 valence electrons. The number of aryl methyl sites for hydroxylation is 1. The van der Waals surface area contributed by atoms with Gasteiger partial charge >= 0.3 is 0 Å². The molecule has 1 amide bonds. The van der Waals surface area contributed by atoms with Crippen molar-refractivity contribution in [1.82, 2.24) is 14.8 Å². The minimum atomic E-state index is -3.78. The van der Waals surface area contributed by atoms with Crippen molar-refractivity contribution in [3.05, 3.63) is 35.7 Å². The van der Waals surface area contributed by atoms with E-state index in [0.717, 1.165) is 5.69 Å². The number of primary sulfonamides is 1. The Kier molecular flexibility index (Phi) is 4.35. The molecule has 2 heterocycles. The van der Waals surface area contributed by atoms with Gasteiger partial charge in [0, 0.05) is 11.7 Å². The lowest BCUT2D eigenvalue weighted by Gasteiger charge is -2.06. The van der Waals surface area contributed by atoms with Crippen molar-refractivity contribution in [2.75, 3.05) is 5.32 Å². The van der Waals surface area contributed by atoms with Crippen molar-refractivity contribution < 1.29 is 13.2 Å². The zero-order chi connectivity index (χ0) is 18.4. The quantitative estimate of drug-likeness (QED) is 0.720. The van der Waals surface area contributed by atoms with E-state index < -0.39 is 10.0 Å². The van der Waals surface area contributed by atoms with Crippen LogP contribution in [0.5, 0.6) is 0 Å². The number of thiazole rings is 1. The largest absolute Gasteiger partial charge is 0.296 e. The van der Waals surface area contributed by atoms with Gasteiger partial charge in [-0.15, -0.1) is 0 Å². The minimum Gasteiger partial charge on any atom is -0.296 e. The van der Waals surface area contributed by atoms with E-state index in [-0.39, 0.29) is 16.8 Å². The zero-order valence-corrected chi connectivity index (χ0v) is 15.5. The molecule has 0 fully saturated rings. The van der Waals surface area contributed by atoms with Crippen molar-refractivity contribution in [3.8, 4) is 0 Å². The fourth-order valence-corrected chi connectivity index (χ4v) is 3.93. The highest BCUT2D eigenvalue weighted by Gasteiger charge is 2.16. The van der Waals surface area contributed by atoms with E-state index in [0.29, 0.717) is 21.0 Å². The Morgan fingerprint density at radius 3 is 2.64 bits per heavy atom. The lowest BCUT2D eigenvalue weighted by atomic mass is 10.3. The summed E-state index contributed by atoms with van der Waals surface area (Å²) in [5, 5.41) is 12.5. The number of anilines is 1. The van der Waals surface area contributed by atoms with Crippen molar-refractivity contribution >= 4 is 42.6 Å². The van der Waals surface area contributed by atoms with E-state index in [1.54, 1.807) is 16.8 Å². The molecular weight excluding hydrogens is 362 g/mol. The molecule has 2 aromatic heterocycles. The summed E-state index contributed by atoms with van der Waals surface area (Å²) >= 11 is 1.17. The summed E-state index contributed by atoms with van der Waals surface area (Å²) < 4.78 is 25.2. The SMILES string of the molecule is Cc1cc(C(=O)Nc2nc3ccc(S(N)(=O)=O)cc3s2)nn1C(C)C. The summed E-state index contributed by atoms with van der Waals surface area (Å²) in [5.74, 6) is -0.367. The Balaban J connectivity index is 1.87. The van der Waals surface area contributed by atoms with Gasteiger partial charge in [0.25, 0.3) is 5.91 Å². The van der Waals surface area contributed by atoms with Gasteiger partial charge in [-0.25, -0.2) is 18.5 Å². The van der Waals surface area contributed by atoms with Crippen molar-refractivity contribution in [3.63, 3.8) is 0 Å². The Morgan fingerprint density at radius 2 is 2.04 bits per heavy atom. The van der Waals surface area contributed by atoms with Gasteiger partial charge in [-0.2, -0.15) is 5.10 Å². The highest BCUT2D eigenvalue weighted by atomic mass is 32.2. The van der Waals surface area contributed by atoms with Crippen LogP contribution in [0.4, 0.5) is 5.13 Å². The van der Waals surface area contributed by atoms with Crippen molar-refractivity contribution in [1.29, 1.82) is 0 Å². The van der Waals surface area contributed by atoms with E-state index in [1.165, 1.54) is 23.5 Å². The molecule has 0 bridgehead atoms. The first kappa shape index (κ1) is 17.5. The third-order valence-corrected chi connectivity index (χ3v) is 5.40. The molecule has 0 spiro atoms. The van der Waals surface area contributed by atoms with Gasteiger partial charge in [0.05, 0.1) is 15.1 Å². The summed E-state index contributed by atoms with van der Waals surface area (Å²) in [5.41, 5.74) is 1.77. The van der Waals surface area contributed by atoms with Crippen LogP contribution < -0.4 is 10.5 Å². The lowest BCUT2D eigenvalue weighted by molar-refractivity contribution is 0.102. The van der Waals surface area contributed by atoms with Gasteiger partial charge in [0.15, 0.2) is 10.8 Å². The first-order valence-corrected chi connectivity index (χ1v) is 9.82. The molecule has 0 saturated heterocycles. The number of hydrogen-bond donors (Lipinski definition) is 2. The zero-order valence-electron chi connectivity index (χ0n) is 13.8. The second-order valence-electron chi connectivity index (χ2n) is 5.86. The minimum absolute atomic E-state index is 0.00725. The lowest BCUT2D eigenvalue weighted by Crippen LogP contribution is -2.13. The van der Waals surface area contributed by atoms with E-state index in [2.05, 4.69) is 15.4 Å². The maximum atomic E-state index is 12.4. The summed E-state index contributed by atoms with van der Waals surface area (Å²) in [6.45, 7) is 5.85. The molecule has 0 unspecified atom stereocenters. The average molecular weight is 379 g/mol. The molecule has 3 N–H and O–H groups in total. The predicted molar refractivity (Wildman–Crippen MR) is 96.3 cm³/mol. The third-order valence-electron chi connectivity index (χ3n) is 3.55. The van der Waals surface area contributed by atoms with Gasteiger partial charge in [0.1, 0.15) is 0 Å². The molecule has 0 saturated carbocycles. The molecule has 0 radical (unpaired) electrons. The number of benzene rings is 1. The van der Waals surface area contributed by atoms with Gasteiger partial charge in [-0.1, -0.05) is 11.3 Å². The number of hydrogen-bond acceptors (Lipinski definition) is 6. The van der Waals surface area contributed by atoms with Crippen LogP contribution >= 0.6 is 11.3 Å². The number of carbonyl (C=O) groups excluding carboxylic acids is 1. The third kappa shape index (κ3) is 3.55. The summed E-state index contributed by atoms with van der Waals surface area (Å²) in [6, 6.07) is 6.24. The first-order valence-electron chi connectivity index (χ1n) is 7.46. The van der Waals surface area contributed by atoms with Crippen LogP contribution in [0.1, 0.15) is 36.1 Å². The number of fused-ring (bicyclic) bond motifs is 1. The van der Waals surface area contributed by atoms with Crippen molar-refractivity contribution in [2.45, 2.75) is 31.7 Å². The van der Waals surface area contributed by atoms with Crippen LogP contribution in [0.25, 0.3) is 10.2 Å². The molecule has 10 heteroatoms. The molecular formula is C15H17N5O3S2. The smallest absolute Gasteiger partial charge is 0.277 e. The normalized spacial score (nSPS) is 12.0. The number of rotatable bonds is 4. The number of nitrogens with one attached hydrogen (secondary N) is 1. The highest BCUT2D eigenvalue weighted by molar-refractivity contribution is 7.89. The molecule has 3 aromatic rings. The number of amides is 1. The monoisotopic (exact) mass is 379 g/mol. The summed E-state index contributed by atoms with van der Waals surface area (Å²) in [7, 11) is -3.78. The predicted octanol–water partition coefficient (Wildman–Crippen LogP) is 2.28. The average Bonchev–Trinajstić information content (AvgIpc) is 3.08. The standard InChI is InChI=1S/C15H17N5O3S2/c1-8(2)20-9(3)6-12(19-20)14(21)18-15-17-11-5-4-10(25(16,22)23)7-13(11)24-15/h4-8H,1-3H3,(H2,16,22,23)(H,17,18,21). The molecule has 0 aliphatic rings. The molecule has 0 atom stereocenters. The van der Waals surface area contributed by atoms with Gasteiger partial charge in [0.2, 0.25) is 10.0 Å². The Hall–Kier alpha value is -2.30. The Bertz CT molecular complexity index is 1070. The van der Waals surface area contributed by atoms with E-state index in [1.807, 2.05) is 20.8 Å². The van der Waals surface area contributed by atoms with E-state index in [4.69, 9.17) is 5.14 Å². The van der Waals surface area contributed by atoms with Gasteiger partial charge in [-0.05, 0) is 45.0 Å². The second kappa shape index (κ2) is 6.21. The van der Waals surface area contributed by atoms with Gasteiger partial charge < -0.3 is 0 Å². The molecule has 25 heavy (non-hydrogen) atoms. The Labute approximate surface area is 148 Å². The fourth-order valence-electron chi connectivity index (χ4n) is 2.42. The summed E-state index contributed by atoms with van der Waals surface area (Å²) in [6.07, 6.45) is 0. The van der Waals surface area contributed by atoms with Gasteiger partial charge in [-0.3, -0.25) is 14.8 Å². The number of aromatic nitrogens is 3. The second-order valence-corrected chi connectivity index (χ2v) is 8.45. The fraction of sp³-hybridized carbons (Fsp3) is 0.267. The van der Waals surface area contributed by atoms with Crippen LogP contribution in [-0.2, 0) is 10.0 Å². The van der Waals surface area contributed by atoms with Crippen LogP contribution in [0.15, 0.2) is 29.2 Å².